The van der Waals surface area contributed by atoms with Crippen molar-refractivity contribution in [1.82, 2.24) is 5.32 Å². The zero-order valence-electron chi connectivity index (χ0n) is 14.3. The molecule has 1 aromatic carbocycles. The molecule has 0 saturated heterocycles. The smallest absolute Gasteiger partial charge is 0.260 e. The van der Waals surface area contributed by atoms with Crippen LogP contribution in [0.4, 0.5) is 0 Å². The number of rotatable bonds is 6. The van der Waals surface area contributed by atoms with Gasteiger partial charge < -0.3 is 10.1 Å². The minimum absolute atomic E-state index is 0.0820. The SMILES string of the molecule is CC(Oc1ccc(C(C)(C)C)cc1)C(=O)NCCc1cccs1. The van der Waals surface area contributed by atoms with Crippen molar-refractivity contribution >= 4 is 17.2 Å². The van der Waals surface area contributed by atoms with Crippen LogP contribution in [0.25, 0.3) is 0 Å². The van der Waals surface area contributed by atoms with Gasteiger partial charge in [-0.05, 0) is 47.9 Å². The molecule has 0 aliphatic heterocycles. The van der Waals surface area contributed by atoms with Crippen molar-refractivity contribution in [3.05, 3.63) is 52.2 Å². The van der Waals surface area contributed by atoms with E-state index in [1.54, 1.807) is 18.3 Å². The van der Waals surface area contributed by atoms with Gasteiger partial charge in [-0.3, -0.25) is 4.79 Å². The summed E-state index contributed by atoms with van der Waals surface area (Å²) in [7, 11) is 0. The van der Waals surface area contributed by atoms with E-state index in [0.717, 1.165) is 12.2 Å². The fourth-order valence-electron chi connectivity index (χ4n) is 2.20. The summed E-state index contributed by atoms with van der Waals surface area (Å²) in [4.78, 5) is 13.3. The number of carbonyl (C=O) groups is 1. The summed E-state index contributed by atoms with van der Waals surface area (Å²) >= 11 is 1.71. The Hall–Kier alpha value is -1.81. The van der Waals surface area contributed by atoms with Crippen LogP contribution >= 0.6 is 11.3 Å². The number of carbonyl (C=O) groups excluding carboxylic acids is 1. The maximum Gasteiger partial charge on any atom is 0.260 e. The topological polar surface area (TPSA) is 38.3 Å². The molecule has 2 rings (SSSR count). The Bertz CT molecular complexity index is 612. The number of benzene rings is 1. The maximum atomic E-state index is 12.1. The summed E-state index contributed by atoms with van der Waals surface area (Å²) in [5.74, 6) is 0.639. The van der Waals surface area contributed by atoms with Crippen molar-refractivity contribution in [2.45, 2.75) is 45.6 Å². The van der Waals surface area contributed by atoms with E-state index in [-0.39, 0.29) is 11.3 Å². The van der Waals surface area contributed by atoms with Crippen LogP contribution in [0.1, 0.15) is 38.1 Å². The van der Waals surface area contributed by atoms with Gasteiger partial charge in [-0.2, -0.15) is 0 Å². The first-order chi connectivity index (χ1) is 10.9. The Labute approximate surface area is 142 Å². The van der Waals surface area contributed by atoms with Crippen LogP contribution in [-0.2, 0) is 16.6 Å². The Kier molecular flexibility index (Phi) is 5.83. The fraction of sp³-hybridized carbons (Fsp3) is 0.421. The molecule has 1 aromatic heterocycles. The molecule has 124 valence electrons. The van der Waals surface area contributed by atoms with E-state index >= 15 is 0 Å². The summed E-state index contributed by atoms with van der Waals surface area (Å²) in [6.45, 7) is 8.93. The normalized spacial score (nSPS) is 12.7. The fourth-order valence-corrected chi connectivity index (χ4v) is 2.91. The van der Waals surface area contributed by atoms with Crippen molar-refractivity contribution in [1.29, 1.82) is 0 Å². The molecule has 0 saturated carbocycles. The van der Waals surface area contributed by atoms with Crippen molar-refractivity contribution in [2.24, 2.45) is 0 Å². The number of hydrogen-bond donors (Lipinski definition) is 1. The molecule has 1 amide bonds. The second kappa shape index (κ2) is 7.64. The van der Waals surface area contributed by atoms with Gasteiger partial charge in [0.1, 0.15) is 5.75 Å². The lowest BCUT2D eigenvalue weighted by atomic mass is 9.87. The van der Waals surface area contributed by atoms with E-state index in [9.17, 15) is 4.79 Å². The van der Waals surface area contributed by atoms with E-state index < -0.39 is 6.10 Å². The molecular weight excluding hydrogens is 306 g/mol. The van der Waals surface area contributed by atoms with E-state index in [4.69, 9.17) is 4.74 Å². The molecule has 0 aliphatic carbocycles. The largest absolute Gasteiger partial charge is 0.481 e. The summed E-state index contributed by atoms with van der Waals surface area (Å²) in [5, 5.41) is 4.97. The Morgan fingerprint density at radius 1 is 1.22 bits per heavy atom. The number of ether oxygens (including phenoxy) is 1. The van der Waals surface area contributed by atoms with E-state index in [1.807, 2.05) is 23.6 Å². The highest BCUT2D eigenvalue weighted by Gasteiger charge is 2.16. The van der Waals surface area contributed by atoms with Gasteiger partial charge in [-0.25, -0.2) is 0 Å². The third-order valence-electron chi connectivity index (χ3n) is 3.65. The number of nitrogens with one attached hydrogen (secondary N) is 1. The highest BCUT2D eigenvalue weighted by atomic mass is 32.1. The Morgan fingerprint density at radius 2 is 1.91 bits per heavy atom. The molecule has 2 aromatic rings. The molecule has 0 bridgehead atoms. The summed E-state index contributed by atoms with van der Waals surface area (Å²) < 4.78 is 5.72. The predicted molar refractivity (Wildman–Crippen MR) is 96.3 cm³/mol. The standard InChI is InChI=1S/C19H25NO2S/c1-14(18(21)20-12-11-17-6-5-13-23-17)22-16-9-7-15(8-10-16)19(2,3)4/h5-10,13-14H,11-12H2,1-4H3,(H,20,21). The quantitative estimate of drug-likeness (QED) is 0.862. The van der Waals surface area contributed by atoms with Crippen LogP contribution in [0.15, 0.2) is 41.8 Å². The lowest BCUT2D eigenvalue weighted by Crippen LogP contribution is -2.37. The van der Waals surface area contributed by atoms with Crippen LogP contribution in [-0.4, -0.2) is 18.6 Å². The first-order valence-corrected chi connectivity index (χ1v) is 8.81. The molecule has 0 spiro atoms. The van der Waals surface area contributed by atoms with Crippen molar-refractivity contribution in [2.75, 3.05) is 6.54 Å². The zero-order valence-corrected chi connectivity index (χ0v) is 15.1. The molecule has 0 fully saturated rings. The van der Waals surface area contributed by atoms with Crippen molar-refractivity contribution in [3.63, 3.8) is 0 Å². The van der Waals surface area contributed by atoms with Crippen LogP contribution in [0.5, 0.6) is 5.75 Å². The summed E-state index contributed by atoms with van der Waals surface area (Å²) in [6.07, 6.45) is 0.356. The second-order valence-corrected chi connectivity index (χ2v) is 7.69. The molecule has 0 radical (unpaired) electrons. The molecule has 23 heavy (non-hydrogen) atoms. The monoisotopic (exact) mass is 331 g/mol. The molecular formula is C19H25NO2S. The molecule has 0 aliphatic rings. The predicted octanol–water partition coefficient (Wildman–Crippen LogP) is 4.17. The van der Waals surface area contributed by atoms with Crippen LogP contribution in [0.3, 0.4) is 0 Å². The third kappa shape index (κ3) is 5.39. The highest BCUT2D eigenvalue weighted by Crippen LogP contribution is 2.24. The Balaban J connectivity index is 1.81. The van der Waals surface area contributed by atoms with Gasteiger partial charge in [0, 0.05) is 11.4 Å². The molecule has 1 N–H and O–H groups in total. The minimum atomic E-state index is -0.501. The third-order valence-corrected chi connectivity index (χ3v) is 4.59. The van der Waals surface area contributed by atoms with E-state index in [0.29, 0.717) is 6.54 Å². The van der Waals surface area contributed by atoms with Gasteiger partial charge in [-0.1, -0.05) is 39.0 Å². The van der Waals surface area contributed by atoms with Gasteiger partial charge in [0.15, 0.2) is 6.10 Å². The molecule has 3 nitrogen and oxygen atoms in total. The second-order valence-electron chi connectivity index (χ2n) is 6.65. The van der Waals surface area contributed by atoms with Gasteiger partial charge >= 0.3 is 0 Å². The van der Waals surface area contributed by atoms with Gasteiger partial charge in [0.25, 0.3) is 5.91 Å². The van der Waals surface area contributed by atoms with Crippen molar-refractivity contribution in [3.8, 4) is 5.75 Å². The highest BCUT2D eigenvalue weighted by molar-refractivity contribution is 7.09. The minimum Gasteiger partial charge on any atom is -0.481 e. The van der Waals surface area contributed by atoms with Crippen LogP contribution < -0.4 is 10.1 Å². The average molecular weight is 331 g/mol. The molecule has 4 heteroatoms. The molecule has 1 unspecified atom stereocenters. The van der Waals surface area contributed by atoms with Crippen LogP contribution in [0, 0.1) is 0 Å². The average Bonchev–Trinajstić information content (AvgIpc) is 3.00. The zero-order chi connectivity index (χ0) is 16.9. The van der Waals surface area contributed by atoms with Gasteiger partial charge in [-0.15, -0.1) is 11.3 Å². The van der Waals surface area contributed by atoms with E-state index in [2.05, 4.69) is 44.3 Å². The molecule has 1 heterocycles. The number of amides is 1. The number of thiophene rings is 1. The summed E-state index contributed by atoms with van der Waals surface area (Å²) in [5.41, 5.74) is 1.36. The van der Waals surface area contributed by atoms with Gasteiger partial charge in [0.2, 0.25) is 0 Å². The van der Waals surface area contributed by atoms with Gasteiger partial charge in [0.05, 0.1) is 0 Å². The lowest BCUT2D eigenvalue weighted by molar-refractivity contribution is -0.127. The maximum absolute atomic E-state index is 12.1. The van der Waals surface area contributed by atoms with Crippen LogP contribution in [0.2, 0.25) is 0 Å². The Morgan fingerprint density at radius 3 is 2.48 bits per heavy atom. The number of hydrogen-bond acceptors (Lipinski definition) is 3. The summed E-state index contributed by atoms with van der Waals surface area (Å²) in [6, 6.07) is 12.1. The van der Waals surface area contributed by atoms with Crippen molar-refractivity contribution < 1.29 is 9.53 Å². The van der Waals surface area contributed by atoms with E-state index in [1.165, 1.54) is 10.4 Å². The lowest BCUT2D eigenvalue weighted by Gasteiger charge is -2.20. The first kappa shape index (κ1) is 17.5. The molecule has 1 atom stereocenters. The first-order valence-electron chi connectivity index (χ1n) is 7.93.